The molecule has 2 aliphatic rings. The number of rotatable bonds is 2. The summed E-state index contributed by atoms with van der Waals surface area (Å²) in [7, 11) is 0. The highest BCUT2D eigenvalue weighted by molar-refractivity contribution is 9.11. The van der Waals surface area contributed by atoms with Gasteiger partial charge in [-0.3, -0.25) is 4.79 Å². The van der Waals surface area contributed by atoms with Crippen LogP contribution in [0.5, 0.6) is 5.75 Å². The Hall–Kier alpha value is -0.140. The molecule has 1 saturated heterocycles. The number of hydrogen-bond donors (Lipinski definition) is 1. The predicted molar refractivity (Wildman–Crippen MR) is 86.2 cm³/mol. The van der Waals surface area contributed by atoms with Crippen LogP contribution in [-0.4, -0.2) is 45.2 Å². The van der Waals surface area contributed by atoms with Gasteiger partial charge in [0.1, 0.15) is 30.9 Å². The summed E-state index contributed by atoms with van der Waals surface area (Å²) in [4.78, 5) is 14.4. The number of ketones is 1. The monoisotopic (exact) mass is 453 g/mol. The van der Waals surface area contributed by atoms with Crippen LogP contribution in [0.15, 0.2) is 21.1 Å². The fourth-order valence-corrected chi connectivity index (χ4v) is 4.36. The van der Waals surface area contributed by atoms with Gasteiger partial charge in [-0.2, -0.15) is 0 Å². The molecule has 22 heavy (non-hydrogen) atoms. The number of halogens is 3. The summed E-state index contributed by atoms with van der Waals surface area (Å²) >= 11 is 6.91. The SMILES string of the molecule is CC1(C[NH+]2CCOCC2)COc2c(Br)cc(Br)cc2C1=O.[Cl-]. The minimum absolute atomic E-state index is 0. The van der Waals surface area contributed by atoms with Crippen LogP contribution >= 0.6 is 31.9 Å². The lowest BCUT2D eigenvalue weighted by Crippen LogP contribution is -3.15. The number of Topliss-reactive ketones (excluding diaryl/α,β-unsaturated/α-hetero) is 1. The minimum Gasteiger partial charge on any atom is -1.00 e. The van der Waals surface area contributed by atoms with Gasteiger partial charge in [-0.25, -0.2) is 0 Å². The van der Waals surface area contributed by atoms with Crippen molar-refractivity contribution in [2.75, 3.05) is 39.5 Å². The van der Waals surface area contributed by atoms with Crippen LogP contribution < -0.4 is 22.0 Å². The number of carbonyl (C=O) groups excluding carboxylic acids is 1. The highest BCUT2D eigenvalue weighted by atomic mass is 79.9. The third-order valence-corrected chi connectivity index (χ3v) is 5.22. The lowest BCUT2D eigenvalue weighted by Gasteiger charge is -2.36. The molecule has 0 spiro atoms. The van der Waals surface area contributed by atoms with Gasteiger partial charge in [0.15, 0.2) is 5.78 Å². The van der Waals surface area contributed by atoms with Crippen molar-refractivity contribution in [1.82, 2.24) is 0 Å². The molecule has 0 amide bonds. The highest BCUT2D eigenvalue weighted by Crippen LogP contribution is 2.40. The average Bonchev–Trinajstić information content (AvgIpc) is 2.44. The molecule has 1 fully saturated rings. The quantitative estimate of drug-likeness (QED) is 0.604. The first-order valence-electron chi connectivity index (χ1n) is 7.07. The molecule has 1 aromatic carbocycles. The Morgan fingerprint density at radius 2 is 1.95 bits per heavy atom. The Labute approximate surface area is 153 Å². The average molecular weight is 456 g/mol. The molecule has 0 aromatic heterocycles. The van der Waals surface area contributed by atoms with E-state index in [4.69, 9.17) is 9.47 Å². The Kier molecular flexibility index (Phi) is 5.94. The van der Waals surface area contributed by atoms with Crippen molar-refractivity contribution in [1.29, 1.82) is 0 Å². The lowest BCUT2D eigenvalue weighted by molar-refractivity contribution is -0.913. The summed E-state index contributed by atoms with van der Waals surface area (Å²) in [5, 5.41) is 0. The van der Waals surface area contributed by atoms with Gasteiger partial charge in [-0.15, -0.1) is 0 Å². The van der Waals surface area contributed by atoms with Crippen molar-refractivity contribution >= 4 is 37.6 Å². The van der Waals surface area contributed by atoms with Gasteiger partial charge in [-0.1, -0.05) is 15.9 Å². The van der Waals surface area contributed by atoms with E-state index in [1.807, 2.05) is 19.1 Å². The van der Waals surface area contributed by atoms with E-state index >= 15 is 0 Å². The Balaban J connectivity index is 0.00000176. The van der Waals surface area contributed by atoms with Crippen molar-refractivity contribution in [3.8, 4) is 5.75 Å². The van der Waals surface area contributed by atoms with Crippen LogP contribution in [0.3, 0.4) is 0 Å². The van der Waals surface area contributed by atoms with Gasteiger partial charge >= 0.3 is 0 Å². The molecule has 122 valence electrons. The first-order valence-corrected chi connectivity index (χ1v) is 8.66. The summed E-state index contributed by atoms with van der Waals surface area (Å²) in [5.74, 6) is 0.836. The number of fused-ring (bicyclic) bond motifs is 1. The van der Waals surface area contributed by atoms with E-state index in [-0.39, 0.29) is 18.2 Å². The Morgan fingerprint density at radius 3 is 2.64 bits per heavy atom. The van der Waals surface area contributed by atoms with E-state index in [9.17, 15) is 4.79 Å². The zero-order valence-corrected chi connectivity index (χ0v) is 16.2. The molecule has 0 aliphatic carbocycles. The van der Waals surface area contributed by atoms with Gasteiger partial charge in [0.05, 0.1) is 29.8 Å². The van der Waals surface area contributed by atoms with Crippen LogP contribution in [0.25, 0.3) is 0 Å². The molecule has 1 atom stereocenters. The van der Waals surface area contributed by atoms with Crippen LogP contribution in [0, 0.1) is 5.41 Å². The zero-order valence-electron chi connectivity index (χ0n) is 12.3. The number of nitrogens with one attached hydrogen (secondary N) is 1. The third kappa shape index (κ3) is 3.51. The maximum atomic E-state index is 13.0. The zero-order chi connectivity index (χ0) is 15.0. The number of hydrogen-bond acceptors (Lipinski definition) is 3. The molecule has 1 N–H and O–H groups in total. The first kappa shape index (κ1) is 18.2. The van der Waals surface area contributed by atoms with Crippen molar-refractivity contribution in [3.05, 3.63) is 26.6 Å². The number of quaternary nitrogens is 1. The molecular formula is C15H18Br2ClNO3. The Morgan fingerprint density at radius 1 is 1.27 bits per heavy atom. The predicted octanol–water partition coefficient (Wildman–Crippen LogP) is -1.29. The van der Waals surface area contributed by atoms with E-state index in [1.165, 1.54) is 4.90 Å². The van der Waals surface area contributed by atoms with Crippen LogP contribution in [0.1, 0.15) is 17.3 Å². The topological polar surface area (TPSA) is 40.0 Å². The van der Waals surface area contributed by atoms with E-state index < -0.39 is 5.41 Å². The molecule has 4 nitrogen and oxygen atoms in total. The molecule has 0 bridgehead atoms. The van der Waals surface area contributed by atoms with E-state index in [0.29, 0.717) is 17.9 Å². The first-order chi connectivity index (χ1) is 9.99. The summed E-state index contributed by atoms with van der Waals surface area (Å²) < 4.78 is 13.0. The van der Waals surface area contributed by atoms with Crippen molar-refractivity contribution in [2.45, 2.75) is 6.92 Å². The van der Waals surface area contributed by atoms with Crippen LogP contribution in [-0.2, 0) is 4.74 Å². The summed E-state index contributed by atoms with van der Waals surface area (Å²) in [6, 6.07) is 3.76. The van der Waals surface area contributed by atoms with Crippen molar-refractivity contribution < 1.29 is 31.6 Å². The normalized spacial score (nSPS) is 25.1. The van der Waals surface area contributed by atoms with E-state index in [0.717, 1.165) is 41.8 Å². The Bertz CT molecular complexity index is 578. The molecule has 7 heteroatoms. The smallest absolute Gasteiger partial charge is 0.181 e. The third-order valence-electron chi connectivity index (χ3n) is 4.18. The summed E-state index contributed by atoms with van der Waals surface area (Å²) in [5.41, 5.74) is 0.192. The maximum absolute atomic E-state index is 13.0. The van der Waals surface area contributed by atoms with Gasteiger partial charge in [-0.05, 0) is 35.0 Å². The van der Waals surface area contributed by atoms with Gasteiger partial charge in [0.2, 0.25) is 0 Å². The standard InChI is InChI=1S/C15H17Br2NO3.ClH/c1-15(8-18-2-4-20-5-3-18)9-21-13-11(14(15)19)6-10(16)7-12(13)17;/h6-7H,2-5,8-9H2,1H3;1H. The number of ether oxygens (including phenoxy) is 2. The lowest BCUT2D eigenvalue weighted by atomic mass is 9.80. The second-order valence-electron chi connectivity index (χ2n) is 5.98. The molecule has 1 aromatic rings. The van der Waals surface area contributed by atoms with Crippen molar-refractivity contribution in [2.24, 2.45) is 5.41 Å². The molecule has 2 aliphatic heterocycles. The molecular weight excluding hydrogens is 437 g/mol. The van der Waals surface area contributed by atoms with Crippen LogP contribution in [0.4, 0.5) is 0 Å². The molecule has 3 rings (SSSR count). The number of morpholine rings is 1. The maximum Gasteiger partial charge on any atom is 0.181 e. The van der Waals surface area contributed by atoms with Gasteiger partial charge in [0.25, 0.3) is 0 Å². The minimum atomic E-state index is -0.472. The summed E-state index contributed by atoms with van der Waals surface area (Å²) in [6.45, 7) is 6.69. The van der Waals surface area contributed by atoms with Gasteiger partial charge < -0.3 is 26.8 Å². The number of carbonyl (C=O) groups is 1. The summed E-state index contributed by atoms with van der Waals surface area (Å²) in [6.07, 6.45) is 0. The fraction of sp³-hybridized carbons (Fsp3) is 0.533. The van der Waals surface area contributed by atoms with E-state index in [2.05, 4.69) is 31.9 Å². The number of benzene rings is 1. The van der Waals surface area contributed by atoms with Crippen LogP contribution in [0.2, 0.25) is 0 Å². The highest BCUT2D eigenvalue weighted by Gasteiger charge is 2.44. The second kappa shape index (κ2) is 7.18. The van der Waals surface area contributed by atoms with Gasteiger partial charge in [0, 0.05) is 4.47 Å². The second-order valence-corrected chi connectivity index (χ2v) is 7.75. The molecule has 2 heterocycles. The molecule has 1 unspecified atom stereocenters. The largest absolute Gasteiger partial charge is 1.00 e. The van der Waals surface area contributed by atoms with E-state index in [1.54, 1.807) is 0 Å². The molecule has 0 saturated carbocycles. The fourth-order valence-electron chi connectivity index (χ4n) is 3.02. The molecule has 0 radical (unpaired) electrons. The van der Waals surface area contributed by atoms with Crippen molar-refractivity contribution in [3.63, 3.8) is 0 Å².